The van der Waals surface area contributed by atoms with Gasteiger partial charge in [0.15, 0.2) is 0 Å². The monoisotopic (exact) mass is 439 g/mol. The highest BCUT2D eigenvalue weighted by atomic mass is 79.9. The second-order valence-corrected chi connectivity index (χ2v) is 7.26. The van der Waals surface area contributed by atoms with E-state index in [2.05, 4.69) is 21.2 Å². The summed E-state index contributed by atoms with van der Waals surface area (Å²) in [7, 11) is 0. The zero-order valence-electron chi connectivity index (χ0n) is 15.9. The van der Waals surface area contributed by atoms with Crippen LogP contribution in [0.4, 0.5) is 5.69 Å². The molecular weight excluding hydrogens is 418 g/mol. The molecule has 3 aromatic rings. The Kier molecular flexibility index (Phi) is 6.71. The minimum absolute atomic E-state index is 0.164. The summed E-state index contributed by atoms with van der Waals surface area (Å²) in [6, 6.07) is 20.7. The molecule has 4 nitrogen and oxygen atoms in total. The third-order valence-corrected chi connectivity index (χ3v) is 4.93. The van der Waals surface area contributed by atoms with Crippen LogP contribution in [-0.2, 0) is 0 Å². The van der Waals surface area contributed by atoms with Crippen LogP contribution < -0.4 is 14.8 Å². The first-order valence-electron chi connectivity index (χ1n) is 9.02. The molecule has 0 aromatic heterocycles. The highest BCUT2D eigenvalue weighted by molar-refractivity contribution is 9.10. The highest BCUT2D eigenvalue weighted by Crippen LogP contribution is 2.26. The molecule has 0 spiro atoms. The Morgan fingerprint density at radius 1 is 0.893 bits per heavy atom. The average Bonchev–Trinajstić information content (AvgIpc) is 2.70. The molecule has 0 aliphatic heterocycles. The Hall–Kier alpha value is -2.79. The molecule has 0 saturated heterocycles. The lowest BCUT2D eigenvalue weighted by atomic mass is 10.1. The highest BCUT2D eigenvalue weighted by Gasteiger charge is 2.10. The van der Waals surface area contributed by atoms with Crippen molar-refractivity contribution in [3.05, 3.63) is 87.9 Å². The topological polar surface area (TPSA) is 47.6 Å². The standard InChI is InChI=1S/C23H22BrNO3/c1-16-8-10-19(14-17(16)2)25-23(26)18-9-11-22(21(24)15-18)28-13-12-27-20-6-4-3-5-7-20/h3-11,14-15H,12-13H2,1-2H3,(H,25,26). The number of amides is 1. The quantitative estimate of drug-likeness (QED) is 0.474. The Labute approximate surface area is 173 Å². The summed E-state index contributed by atoms with van der Waals surface area (Å²) in [6.07, 6.45) is 0. The molecule has 144 valence electrons. The van der Waals surface area contributed by atoms with Gasteiger partial charge in [0.25, 0.3) is 5.91 Å². The summed E-state index contributed by atoms with van der Waals surface area (Å²) in [5.74, 6) is 1.31. The molecule has 3 aromatic carbocycles. The number of nitrogens with one attached hydrogen (secondary N) is 1. The van der Waals surface area contributed by atoms with Crippen LogP contribution in [0.1, 0.15) is 21.5 Å². The van der Waals surface area contributed by atoms with E-state index in [1.807, 2.05) is 62.4 Å². The first-order valence-corrected chi connectivity index (χ1v) is 9.81. The lowest BCUT2D eigenvalue weighted by Crippen LogP contribution is -2.13. The van der Waals surface area contributed by atoms with Gasteiger partial charge in [-0.15, -0.1) is 0 Å². The van der Waals surface area contributed by atoms with Crippen molar-refractivity contribution in [3.8, 4) is 11.5 Å². The number of ether oxygens (including phenoxy) is 2. The van der Waals surface area contributed by atoms with Gasteiger partial charge in [-0.25, -0.2) is 0 Å². The predicted octanol–water partition coefficient (Wildman–Crippen LogP) is 5.78. The molecule has 0 unspecified atom stereocenters. The molecule has 0 fully saturated rings. The summed E-state index contributed by atoms with van der Waals surface area (Å²) in [4.78, 5) is 12.5. The third-order valence-electron chi connectivity index (χ3n) is 4.31. The van der Waals surface area contributed by atoms with Crippen molar-refractivity contribution in [1.82, 2.24) is 0 Å². The summed E-state index contributed by atoms with van der Waals surface area (Å²) < 4.78 is 12.1. The van der Waals surface area contributed by atoms with Crippen molar-refractivity contribution in [2.75, 3.05) is 18.5 Å². The first-order chi connectivity index (χ1) is 13.5. The average molecular weight is 440 g/mol. The van der Waals surface area contributed by atoms with Crippen molar-refractivity contribution in [2.24, 2.45) is 0 Å². The van der Waals surface area contributed by atoms with Crippen molar-refractivity contribution < 1.29 is 14.3 Å². The number of halogens is 1. The van der Waals surface area contributed by atoms with Crippen LogP contribution in [0.15, 0.2) is 71.2 Å². The number of rotatable bonds is 7. The molecule has 1 N–H and O–H groups in total. The summed E-state index contributed by atoms with van der Waals surface area (Å²) in [6.45, 7) is 4.91. The van der Waals surface area contributed by atoms with E-state index in [4.69, 9.17) is 9.47 Å². The van der Waals surface area contributed by atoms with E-state index >= 15 is 0 Å². The van der Waals surface area contributed by atoms with Gasteiger partial charge in [-0.3, -0.25) is 4.79 Å². The van der Waals surface area contributed by atoms with Crippen LogP contribution in [0.3, 0.4) is 0 Å². The first kappa shape index (κ1) is 20.0. The zero-order valence-corrected chi connectivity index (χ0v) is 17.5. The minimum atomic E-state index is -0.164. The molecule has 5 heteroatoms. The molecule has 0 atom stereocenters. The molecule has 0 bridgehead atoms. The van der Waals surface area contributed by atoms with E-state index in [0.717, 1.165) is 21.5 Å². The summed E-state index contributed by atoms with van der Waals surface area (Å²) in [5.41, 5.74) is 3.67. The number of carbonyl (C=O) groups is 1. The van der Waals surface area contributed by atoms with Crippen LogP contribution in [0.5, 0.6) is 11.5 Å². The zero-order chi connectivity index (χ0) is 19.9. The van der Waals surface area contributed by atoms with Gasteiger partial charge in [-0.2, -0.15) is 0 Å². The Morgan fingerprint density at radius 2 is 1.64 bits per heavy atom. The molecule has 0 heterocycles. The van der Waals surface area contributed by atoms with Crippen molar-refractivity contribution >= 4 is 27.5 Å². The molecule has 0 aliphatic carbocycles. The second kappa shape index (κ2) is 9.42. The smallest absolute Gasteiger partial charge is 0.255 e. The van der Waals surface area contributed by atoms with Crippen molar-refractivity contribution in [2.45, 2.75) is 13.8 Å². The third kappa shape index (κ3) is 5.36. The normalized spacial score (nSPS) is 10.4. The molecular formula is C23H22BrNO3. The molecule has 0 aliphatic rings. The predicted molar refractivity (Wildman–Crippen MR) is 115 cm³/mol. The van der Waals surface area contributed by atoms with Gasteiger partial charge in [-0.1, -0.05) is 24.3 Å². The van der Waals surface area contributed by atoms with E-state index in [-0.39, 0.29) is 5.91 Å². The second-order valence-electron chi connectivity index (χ2n) is 6.41. The minimum Gasteiger partial charge on any atom is -0.490 e. The van der Waals surface area contributed by atoms with Gasteiger partial charge in [0.1, 0.15) is 24.7 Å². The van der Waals surface area contributed by atoms with Crippen molar-refractivity contribution in [3.63, 3.8) is 0 Å². The van der Waals surface area contributed by atoms with Crippen LogP contribution >= 0.6 is 15.9 Å². The van der Waals surface area contributed by atoms with Gasteiger partial charge < -0.3 is 14.8 Å². The number of hydrogen-bond donors (Lipinski definition) is 1. The number of carbonyl (C=O) groups excluding carboxylic acids is 1. The van der Waals surface area contributed by atoms with Crippen LogP contribution in [0, 0.1) is 13.8 Å². The van der Waals surface area contributed by atoms with Gasteiger partial charge in [0.05, 0.1) is 4.47 Å². The van der Waals surface area contributed by atoms with Crippen molar-refractivity contribution in [1.29, 1.82) is 0 Å². The van der Waals surface area contributed by atoms with Crippen LogP contribution in [0.2, 0.25) is 0 Å². The maximum absolute atomic E-state index is 12.5. The van der Waals surface area contributed by atoms with E-state index in [1.54, 1.807) is 18.2 Å². The molecule has 28 heavy (non-hydrogen) atoms. The lowest BCUT2D eigenvalue weighted by Gasteiger charge is -2.11. The van der Waals surface area contributed by atoms with E-state index in [9.17, 15) is 4.79 Å². The SMILES string of the molecule is Cc1ccc(NC(=O)c2ccc(OCCOc3ccccc3)c(Br)c2)cc1C. The molecule has 0 saturated carbocycles. The number of para-hydroxylation sites is 1. The maximum Gasteiger partial charge on any atom is 0.255 e. The Bertz CT molecular complexity index is 957. The van der Waals surface area contributed by atoms with E-state index in [1.165, 1.54) is 5.56 Å². The molecule has 3 rings (SSSR count). The molecule has 1 amide bonds. The van der Waals surface area contributed by atoms with Crippen LogP contribution in [-0.4, -0.2) is 19.1 Å². The van der Waals surface area contributed by atoms with Gasteiger partial charge in [0, 0.05) is 11.3 Å². The summed E-state index contributed by atoms with van der Waals surface area (Å²) >= 11 is 3.47. The fourth-order valence-electron chi connectivity index (χ4n) is 2.61. The number of benzene rings is 3. The van der Waals surface area contributed by atoms with Gasteiger partial charge >= 0.3 is 0 Å². The largest absolute Gasteiger partial charge is 0.490 e. The number of aryl methyl sites for hydroxylation is 2. The Balaban J connectivity index is 1.55. The van der Waals surface area contributed by atoms with Gasteiger partial charge in [0.2, 0.25) is 0 Å². The lowest BCUT2D eigenvalue weighted by molar-refractivity contribution is 0.102. The van der Waals surface area contributed by atoms with E-state index in [0.29, 0.717) is 24.5 Å². The van der Waals surface area contributed by atoms with Gasteiger partial charge in [-0.05, 0) is 83.4 Å². The number of hydrogen-bond acceptors (Lipinski definition) is 3. The fraction of sp³-hybridized carbons (Fsp3) is 0.174. The van der Waals surface area contributed by atoms with E-state index < -0.39 is 0 Å². The maximum atomic E-state index is 12.5. The molecule has 0 radical (unpaired) electrons. The Morgan fingerprint density at radius 3 is 2.36 bits per heavy atom. The fourth-order valence-corrected chi connectivity index (χ4v) is 3.10. The van der Waals surface area contributed by atoms with Crippen LogP contribution in [0.25, 0.3) is 0 Å². The number of anilines is 1. The summed E-state index contributed by atoms with van der Waals surface area (Å²) in [5, 5.41) is 2.92.